The fourth-order valence-corrected chi connectivity index (χ4v) is 3.80. The Labute approximate surface area is 197 Å². The van der Waals surface area contributed by atoms with E-state index >= 15 is 0 Å². The molecule has 2 N–H and O–H groups in total. The predicted molar refractivity (Wildman–Crippen MR) is 131 cm³/mol. The van der Waals surface area contributed by atoms with Crippen LogP contribution >= 0.6 is 15.9 Å². The number of rotatable bonds is 7. The van der Waals surface area contributed by atoms with Gasteiger partial charge in [0.05, 0.1) is 30.1 Å². The van der Waals surface area contributed by atoms with Crippen molar-refractivity contribution in [2.24, 2.45) is 4.99 Å². The zero-order valence-electron chi connectivity index (χ0n) is 18.8. The van der Waals surface area contributed by atoms with Gasteiger partial charge in [0.25, 0.3) is 5.91 Å². The van der Waals surface area contributed by atoms with Crippen LogP contribution in [0, 0.1) is 13.8 Å². The van der Waals surface area contributed by atoms with Crippen molar-refractivity contribution in [1.82, 2.24) is 15.1 Å². The molecule has 0 saturated carbocycles. The van der Waals surface area contributed by atoms with Gasteiger partial charge in [-0.25, -0.2) is 4.99 Å². The maximum Gasteiger partial charge on any atom is 0.259 e. The van der Waals surface area contributed by atoms with Crippen LogP contribution in [0.25, 0.3) is 0 Å². The van der Waals surface area contributed by atoms with Gasteiger partial charge in [0.2, 0.25) is 5.96 Å². The van der Waals surface area contributed by atoms with Crippen LogP contribution in [0.2, 0.25) is 0 Å². The number of aromatic nitrogens is 2. The zero-order chi connectivity index (χ0) is 23.1. The SMILES string of the molecule is CCOc1ccccc1NC(=NCc1c(C)nn(CC)c1C)NC(=O)c1ccccc1Br. The first-order valence-corrected chi connectivity index (χ1v) is 11.4. The molecule has 0 spiro atoms. The van der Waals surface area contributed by atoms with Gasteiger partial charge in [0.15, 0.2) is 0 Å². The smallest absolute Gasteiger partial charge is 0.259 e. The number of carbonyl (C=O) groups is 1. The van der Waals surface area contributed by atoms with Crippen LogP contribution in [0.15, 0.2) is 58.0 Å². The van der Waals surface area contributed by atoms with Gasteiger partial charge in [-0.1, -0.05) is 24.3 Å². The van der Waals surface area contributed by atoms with Crippen LogP contribution in [0.4, 0.5) is 5.69 Å². The monoisotopic (exact) mass is 497 g/mol. The number of carbonyl (C=O) groups excluding carboxylic acids is 1. The van der Waals surface area contributed by atoms with Crippen molar-refractivity contribution >= 4 is 33.5 Å². The molecule has 1 heterocycles. The van der Waals surface area contributed by atoms with E-state index in [9.17, 15) is 4.79 Å². The molecule has 168 valence electrons. The molecular formula is C24H28BrN5O2. The minimum absolute atomic E-state index is 0.268. The highest BCUT2D eigenvalue weighted by atomic mass is 79.9. The molecule has 0 aliphatic heterocycles. The first-order chi connectivity index (χ1) is 15.4. The van der Waals surface area contributed by atoms with Crippen molar-refractivity contribution in [3.8, 4) is 5.75 Å². The number of para-hydroxylation sites is 2. The lowest BCUT2D eigenvalue weighted by atomic mass is 10.2. The van der Waals surface area contributed by atoms with Crippen molar-refractivity contribution < 1.29 is 9.53 Å². The van der Waals surface area contributed by atoms with E-state index < -0.39 is 0 Å². The average Bonchev–Trinajstić information content (AvgIpc) is 3.06. The minimum Gasteiger partial charge on any atom is -0.492 e. The molecule has 0 saturated heterocycles. The highest BCUT2D eigenvalue weighted by molar-refractivity contribution is 9.10. The maximum atomic E-state index is 13.0. The van der Waals surface area contributed by atoms with Gasteiger partial charge in [0.1, 0.15) is 5.75 Å². The minimum atomic E-state index is -0.268. The van der Waals surface area contributed by atoms with Crippen LogP contribution in [-0.2, 0) is 13.1 Å². The van der Waals surface area contributed by atoms with Crippen molar-refractivity contribution in [3.63, 3.8) is 0 Å². The number of hydrogen-bond donors (Lipinski definition) is 2. The summed E-state index contributed by atoms with van der Waals surface area (Å²) < 4.78 is 8.38. The summed E-state index contributed by atoms with van der Waals surface area (Å²) in [5, 5.41) is 10.7. The molecule has 32 heavy (non-hydrogen) atoms. The lowest BCUT2D eigenvalue weighted by Gasteiger charge is -2.15. The molecule has 0 atom stereocenters. The second-order valence-electron chi connectivity index (χ2n) is 7.12. The van der Waals surface area contributed by atoms with Gasteiger partial charge in [-0.05, 0) is 67.9 Å². The molecule has 1 aromatic heterocycles. The number of ether oxygens (including phenoxy) is 1. The number of anilines is 1. The highest BCUT2D eigenvalue weighted by Gasteiger charge is 2.15. The second kappa shape index (κ2) is 10.9. The quantitative estimate of drug-likeness (QED) is 0.352. The van der Waals surface area contributed by atoms with Crippen molar-refractivity contribution in [3.05, 3.63) is 75.5 Å². The number of nitrogens with zero attached hydrogens (tertiary/aromatic N) is 3. The molecule has 8 heteroatoms. The number of hydrogen-bond acceptors (Lipinski definition) is 4. The summed E-state index contributed by atoms with van der Waals surface area (Å²) >= 11 is 3.44. The van der Waals surface area contributed by atoms with Crippen LogP contribution in [0.3, 0.4) is 0 Å². The largest absolute Gasteiger partial charge is 0.492 e. The summed E-state index contributed by atoms with van der Waals surface area (Å²) in [6.07, 6.45) is 0. The Hall–Kier alpha value is -3.13. The van der Waals surface area contributed by atoms with Crippen LogP contribution < -0.4 is 15.4 Å². The van der Waals surface area contributed by atoms with E-state index in [1.165, 1.54) is 0 Å². The second-order valence-corrected chi connectivity index (χ2v) is 7.97. The predicted octanol–water partition coefficient (Wildman–Crippen LogP) is 5.08. The molecule has 0 aliphatic rings. The van der Waals surface area contributed by atoms with E-state index in [0.29, 0.717) is 34.9 Å². The fourth-order valence-electron chi connectivity index (χ4n) is 3.34. The Balaban J connectivity index is 1.92. The Morgan fingerprint density at radius 3 is 2.53 bits per heavy atom. The molecule has 0 fully saturated rings. The van der Waals surface area contributed by atoms with E-state index in [1.54, 1.807) is 6.07 Å². The Bertz CT molecular complexity index is 1120. The molecule has 3 aromatic rings. The lowest BCUT2D eigenvalue weighted by molar-refractivity contribution is 0.0976. The number of guanidine groups is 1. The molecule has 3 rings (SSSR count). The molecule has 0 unspecified atom stereocenters. The van der Waals surface area contributed by atoms with Gasteiger partial charge in [0, 0.05) is 22.3 Å². The standard InChI is InChI=1S/C24H28BrN5O2/c1-5-30-17(4)19(16(3)29-30)15-26-24(27-21-13-9-10-14-22(21)32-6-2)28-23(31)18-11-7-8-12-20(18)25/h7-14H,5-6,15H2,1-4H3,(H2,26,27,28,31). The van der Waals surface area contributed by atoms with E-state index in [4.69, 9.17) is 9.73 Å². The third-order valence-corrected chi connectivity index (χ3v) is 5.71. The highest BCUT2D eigenvalue weighted by Crippen LogP contribution is 2.24. The fraction of sp³-hybridized carbons (Fsp3) is 0.292. The molecule has 0 bridgehead atoms. The molecule has 1 amide bonds. The summed E-state index contributed by atoms with van der Waals surface area (Å²) in [5.41, 5.74) is 4.28. The molecular weight excluding hydrogens is 470 g/mol. The zero-order valence-corrected chi connectivity index (χ0v) is 20.4. The Kier molecular flexibility index (Phi) is 8.05. The lowest BCUT2D eigenvalue weighted by Crippen LogP contribution is -2.36. The topological polar surface area (TPSA) is 80.5 Å². The number of amides is 1. The number of nitrogens with one attached hydrogen (secondary N) is 2. The van der Waals surface area contributed by atoms with Crippen molar-refractivity contribution in [1.29, 1.82) is 0 Å². The molecule has 0 radical (unpaired) electrons. The van der Waals surface area contributed by atoms with Crippen molar-refractivity contribution in [2.75, 3.05) is 11.9 Å². The summed E-state index contributed by atoms with van der Waals surface area (Å²) in [6.45, 7) is 9.70. The Morgan fingerprint density at radius 1 is 1.12 bits per heavy atom. The number of benzene rings is 2. The first kappa shape index (κ1) is 23.5. The summed E-state index contributed by atoms with van der Waals surface area (Å²) in [4.78, 5) is 17.7. The van der Waals surface area contributed by atoms with E-state index in [-0.39, 0.29) is 5.91 Å². The van der Waals surface area contributed by atoms with Gasteiger partial charge in [-0.3, -0.25) is 14.8 Å². The summed E-state index contributed by atoms with van der Waals surface area (Å²) in [6, 6.07) is 14.8. The molecule has 0 aliphatic carbocycles. The van der Waals surface area contributed by atoms with Crippen LogP contribution in [0.1, 0.15) is 41.2 Å². The van der Waals surface area contributed by atoms with Crippen LogP contribution in [-0.4, -0.2) is 28.3 Å². The van der Waals surface area contributed by atoms with Gasteiger partial charge < -0.3 is 10.1 Å². The van der Waals surface area contributed by atoms with E-state index in [2.05, 4.69) is 38.6 Å². The first-order valence-electron chi connectivity index (χ1n) is 10.6. The maximum absolute atomic E-state index is 13.0. The number of halogens is 1. The molecule has 7 nitrogen and oxygen atoms in total. The van der Waals surface area contributed by atoms with Gasteiger partial charge >= 0.3 is 0 Å². The van der Waals surface area contributed by atoms with E-state index in [1.807, 2.05) is 67.9 Å². The van der Waals surface area contributed by atoms with Gasteiger partial charge in [-0.15, -0.1) is 0 Å². The third kappa shape index (κ3) is 5.56. The summed E-state index contributed by atoms with van der Waals surface area (Å²) in [7, 11) is 0. The van der Waals surface area contributed by atoms with Crippen LogP contribution in [0.5, 0.6) is 5.75 Å². The number of aliphatic imine (C=N–C) groups is 1. The normalized spacial score (nSPS) is 11.3. The summed E-state index contributed by atoms with van der Waals surface area (Å²) in [5.74, 6) is 0.750. The van der Waals surface area contributed by atoms with Crippen molar-refractivity contribution in [2.45, 2.75) is 40.8 Å². The van der Waals surface area contributed by atoms with Gasteiger partial charge in [-0.2, -0.15) is 5.10 Å². The third-order valence-electron chi connectivity index (χ3n) is 5.02. The average molecular weight is 498 g/mol. The molecule has 2 aromatic carbocycles. The van der Waals surface area contributed by atoms with E-state index in [0.717, 1.165) is 29.2 Å². The Morgan fingerprint density at radius 2 is 1.84 bits per heavy atom. The number of aryl methyl sites for hydroxylation is 2.